The molecule has 0 radical (unpaired) electrons. The fraction of sp³-hybridized carbons (Fsp3) is 0.189. The smallest absolute Gasteiger partial charge is 0.471 e. The summed E-state index contributed by atoms with van der Waals surface area (Å²) in [5.41, 5.74) is -0.536. The van der Waals surface area contributed by atoms with Gasteiger partial charge in [-0.2, -0.15) is 13.2 Å². The molecule has 4 aromatic rings. The number of rotatable bonds is 10. The van der Waals surface area contributed by atoms with Crippen LogP contribution in [0.5, 0.6) is 0 Å². The van der Waals surface area contributed by atoms with Crippen LogP contribution < -0.4 is 0 Å². The number of amides is 1. The van der Waals surface area contributed by atoms with Crippen molar-refractivity contribution in [2.45, 2.75) is 36.6 Å². The maximum atomic E-state index is 14.4. The highest BCUT2D eigenvalue weighted by Gasteiger charge is 2.63. The van der Waals surface area contributed by atoms with Crippen molar-refractivity contribution in [2.24, 2.45) is 0 Å². The molecule has 0 bridgehead atoms. The van der Waals surface area contributed by atoms with E-state index in [1.807, 2.05) is 0 Å². The van der Waals surface area contributed by atoms with Crippen LogP contribution in [0.4, 0.5) is 13.2 Å². The molecule has 0 unspecified atom stereocenters. The Balaban J connectivity index is 1.69. The number of benzene rings is 4. The summed E-state index contributed by atoms with van der Waals surface area (Å²) in [6, 6.07) is 23.0. The van der Waals surface area contributed by atoms with E-state index >= 15 is 0 Å². The van der Waals surface area contributed by atoms with Crippen molar-refractivity contribution in [1.29, 1.82) is 0 Å². The predicted molar refractivity (Wildman–Crippen MR) is 172 cm³/mol. The Labute approximate surface area is 293 Å². The molecular weight excluding hydrogens is 691 g/mol. The summed E-state index contributed by atoms with van der Waals surface area (Å²) in [7, 11) is 0. The molecule has 268 valence electrons. The number of halogens is 3. The SMILES string of the molecule is O=C(OC[C@@H]1[C@@H](OC(=O)c2ccccc2)[C@H](OC(=O)c2ccccc2)[C@@H](OC(=O)c2ccccc2)[C@@H](C(=O)O)N1C(=O)C(F)(F)F)c1ccccc1. The quantitative estimate of drug-likeness (QED) is 0.178. The summed E-state index contributed by atoms with van der Waals surface area (Å²) in [6.45, 7) is -1.20. The van der Waals surface area contributed by atoms with Crippen molar-refractivity contribution in [3.8, 4) is 0 Å². The number of alkyl halides is 3. The zero-order chi connectivity index (χ0) is 37.4. The predicted octanol–water partition coefficient (Wildman–Crippen LogP) is 4.75. The van der Waals surface area contributed by atoms with Crippen LogP contribution in [0.3, 0.4) is 0 Å². The highest BCUT2D eigenvalue weighted by Crippen LogP contribution is 2.36. The van der Waals surface area contributed by atoms with Crippen molar-refractivity contribution in [2.75, 3.05) is 6.61 Å². The van der Waals surface area contributed by atoms with Gasteiger partial charge in [0.1, 0.15) is 12.6 Å². The van der Waals surface area contributed by atoms with E-state index in [2.05, 4.69) is 0 Å². The second kappa shape index (κ2) is 16.0. The lowest BCUT2D eigenvalue weighted by molar-refractivity contribution is -0.219. The number of hydrogen-bond acceptors (Lipinski definition) is 10. The van der Waals surface area contributed by atoms with Crippen LogP contribution in [0.15, 0.2) is 121 Å². The van der Waals surface area contributed by atoms with E-state index in [1.54, 1.807) is 18.2 Å². The van der Waals surface area contributed by atoms with E-state index in [-0.39, 0.29) is 27.2 Å². The maximum Gasteiger partial charge on any atom is 0.471 e. The van der Waals surface area contributed by atoms with E-state index in [0.717, 1.165) is 0 Å². The molecule has 0 spiro atoms. The number of carboxylic acid groups (broad SMARTS) is 1. The van der Waals surface area contributed by atoms with Crippen LogP contribution in [-0.4, -0.2) is 88.9 Å². The Morgan fingerprint density at radius 3 is 1.25 bits per heavy atom. The number of carbonyl (C=O) groups is 6. The number of carboxylic acids is 1. The molecule has 4 aromatic carbocycles. The largest absolute Gasteiger partial charge is 0.480 e. The minimum absolute atomic E-state index is 0.0682. The van der Waals surface area contributed by atoms with Gasteiger partial charge in [-0.15, -0.1) is 0 Å². The first-order chi connectivity index (χ1) is 24.9. The second-order valence-corrected chi connectivity index (χ2v) is 11.2. The van der Waals surface area contributed by atoms with E-state index in [9.17, 15) is 47.0 Å². The van der Waals surface area contributed by atoms with Gasteiger partial charge in [0.05, 0.1) is 22.3 Å². The number of piperidine rings is 1. The molecule has 1 saturated heterocycles. The topological polar surface area (TPSA) is 163 Å². The standard InChI is InChI=1S/C37H28F3NO11/c38-37(39,40)36(48)41-26(21-49-32(44)22-13-5-1-6-14-22)28(50-33(45)23-15-7-2-8-16-23)30(52-35(47)25-19-11-4-12-20-25)29(27(41)31(42)43)51-34(46)24-17-9-3-10-18-24/h1-20,26-30H,21H2,(H,42,43)/t26-,27+,28-,29+,30+/m1/s1. The van der Waals surface area contributed by atoms with E-state index in [0.29, 0.717) is 0 Å². The fourth-order valence-corrected chi connectivity index (χ4v) is 5.49. The summed E-state index contributed by atoms with van der Waals surface area (Å²) >= 11 is 0. The van der Waals surface area contributed by atoms with Crippen molar-refractivity contribution in [1.82, 2.24) is 4.90 Å². The van der Waals surface area contributed by atoms with Crippen molar-refractivity contribution in [3.05, 3.63) is 144 Å². The molecule has 0 aliphatic carbocycles. The number of hydrogen-bond donors (Lipinski definition) is 1. The number of esters is 4. The number of likely N-dealkylation sites (tertiary alicyclic amines) is 1. The highest BCUT2D eigenvalue weighted by atomic mass is 19.4. The molecule has 52 heavy (non-hydrogen) atoms. The molecule has 1 amide bonds. The third-order valence-electron chi connectivity index (χ3n) is 7.88. The Hall–Kier alpha value is -6.51. The minimum atomic E-state index is -5.76. The van der Waals surface area contributed by atoms with Crippen LogP contribution >= 0.6 is 0 Å². The first kappa shape index (κ1) is 36.8. The lowest BCUT2D eigenvalue weighted by Gasteiger charge is -2.49. The molecule has 1 aliphatic rings. The average molecular weight is 720 g/mol. The summed E-state index contributed by atoms with van der Waals surface area (Å²) in [5.74, 6) is -9.68. The molecule has 0 saturated carbocycles. The Morgan fingerprint density at radius 2 is 0.885 bits per heavy atom. The van der Waals surface area contributed by atoms with E-state index < -0.39 is 78.9 Å². The monoisotopic (exact) mass is 719 g/mol. The van der Waals surface area contributed by atoms with Crippen molar-refractivity contribution in [3.63, 3.8) is 0 Å². The van der Waals surface area contributed by atoms with Gasteiger partial charge in [-0.05, 0) is 48.5 Å². The van der Waals surface area contributed by atoms with Gasteiger partial charge in [-0.25, -0.2) is 24.0 Å². The number of carbonyl (C=O) groups excluding carboxylic acids is 5. The molecule has 1 fully saturated rings. The van der Waals surface area contributed by atoms with Gasteiger partial charge in [0.25, 0.3) is 0 Å². The number of nitrogens with zero attached hydrogens (tertiary/aromatic N) is 1. The summed E-state index contributed by atoms with van der Waals surface area (Å²) < 4.78 is 65.2. The van der Waals surface area contributed by atoms with E-state index in [1.165, 1.54) is 103 Å². The minimum Gasteiger partial charge on any atom is -0.480 e. The second-order valence-electron chi connectivity index (χ2n) is 11.2. The molecule has 5 atom stereocenters. The highest BCUT2D eigenvalue weighted by molar-refractivity contribution is 5.93. The van der Waals surface area contributed by atoms with E-state index in [4.69, 9.17) is 18.9 Å². The maximum absolute atomic E-state index is 14.4. The molecular formula is C37H28F3NO11. The lowest BCUT2D eigenvalue weighted by Crippen LogP contribution is -2.74. The van der Waals surface area contributed by atoms with Gasteiger partial charge in [-0.1, -0.05) is 72.8 Å². The molecule has 1 heterocycles. The summed E-state index contributed by atoms with van der Waals surface area (Å²) in [5, 5.41) is 10.5. The van der Waals surface area contributed by atoms with Crippen LogP contribution in [0.2, 0.25) is 0 Å². The molecule has 0 aromatic heterocycles. The van der Waals surface area contributed by atoms with Crippen LogP contribution in [0, 0.1) is 0 Å². The number of aliphatic carboxylic acids is 1. The molecule has 5 rings (SSSR count). The van der Waals surface area contributed by atoms with Gasteiger partial charge in [-0.3, -0.25) is 4.79 Å². The Morgan fingerprint density at radius 1 is 0.538 bits per heavy atom. The van der Waals surface area contributed by atoms with Gasteiger partial charge in [0, 0.05) is 0 Å². The first-order valence-corrected chi connectivity index (χ1v) is 15.5. The molecule has 1 aliphatic heterocycles. The zero-order valence-electron chi connectivity index (χ0n) is 26.8. The number of ether oxygens (including phenoxy) is 4. The summed E-state index contributed by atoms with van der Waals surface area (Å²) in [4.78, 5) is 79.4. The third-order valence-corrected chi connectivity index (χ3v) is 7.88. The Bertz CT molecular complexity index is 1910. The first-order valence-electron chi connectivity index (χ1n) is 15.5. The lowest BCUT2D eigenvalue weighted by atomic mass is 9.86. The van der Waals surface area contributed by atoms with Gasteiger partial charge >= 0.3 is 41.9 Å². The normalized spacial score (nSPS) is 19.8. The molecule has 12 nitrogen and oxygen atoms in total. The van der Waals surface area contributed by atoms with Crippen LogP contribution in [0.25, 0.3) is 0 Å². The van der Waals surface area contributed by atoms with Gasteiger partial charge in [0.15, 0.2) is 24.4 Å². The Kier molecular flexibility index (Phi) is 11.3. The van der Waals surface area contributed by atoms with Crippen molar-refractivity contribution >= 4 is 35.8 Å². The molecule has 15 heteroatoms. The van der Waals surface area contributed by atoms with Gasteiger partial charge < -0.3 is 29.0 Å². The van der Waals surface area contributed by atoms with Crippen LogP contribution in [0.1, 0.15) is 41.4 Å². The zero-order valence-corrected chi connectivity index (χ0v) is 26.8. The fourth-order valence-electron chi connectivity index (χ4n) is 5.49. The van der Waals surface area contributed by atoms with Crippen molar-refractivity contribution < 1.29 is 66.0 Å². The molecule has 1 N–H and O–H groups in total. The average Bonchev–Trinajstić information content (AvgIpc) is 3.15. The summed E-state index contributed by atoms with van der Waals surface area (Å²) in [6.07, 6.45) is -12.6. The van der Waals surface area contributed by atoms with Gasteiger partial charge in [0.2, 0.25) is 0 Å². The van der Waals surface area contributed by atoms with Crippen LogP contribution in [-0.2, 0) is 28.5 Å². The third kappa shape index (κ3) is 8.43.